The predicted molar refractivity (Wildman–Crippen MR) is 71.3 cm³/mol. The van der Waals surface area contributed by atoms with E-state index in [4.69, 9.17) is 4.74 Å². The summed E-state index contributed by atoms with van der Waals surface area (Å²) in [6, 6.07) is 0.00106. The lowest BCUT2D eigenvalue weighted by Crippen LogP contribution is -2.51. The Labute approximate surface area is 110 Å². The molecular formula is C14H26N2O2. The lowest BCUT2D eigenvalue weighted by atomic mass is 9.92. The lowest BCUT2D eigenvalue weighted by molar-refractivity contribution is -0.125. The third-order valence-corrected chi connectivity index (χ3v) is 4.34. The number of nitrogens with one attached hydrogen (secondary N) is 2. The van der Waals surface area contributed by atoms with Gasteiger partial charge in [0.15, 0.2) is 0 Å². The fraction of sp³-hybridized carbons (Fsp3) is 0.929. The van der Waals surface area contributed by atoms with E-state index in [1.165, 1.54) is 6.42 Å². The van der Waals surface area contributed by atoms with Gasteiger partial charge in [0, 0.05) is 19.1 Å². The molecule has 4 heteroatoms. The van der Waals surface area contributed by atoms with Gasteiger partial charge in [0.05, 0.1) is 12.1 Å². The van der Waals surface area contributed by atoms with Gasteiger partial charge in [-0.2, -0.15) is 0 Å². The Balaban J connectivity index is 1.77. The van der Waals surface area contributed by atoms with Crippen LogP contribution in [0.3, 0.4) is 0 Å². The summed E-state index contributed by atoms with van der Waals surface area (Å²) in [7, 11) is 0. The summed E-state index contributed by atoms with van der Waals surface area (Å²) in [5.74, 6) is 1.11. The van der Waals surface area contributed by atoms with Crippen molar-refractivity contribution in [3.63, 3.8) is 0 Å². The molecule has 0 spiro atoms. The third-order valence-electron chi connectivity index (χ3n) is 4.34. The van der Waals surface area contributed by atoms with Crippen LogP contribution in [0.2, 0.25) is 0 Å². The molecule has 0 radical (unpaired) electrons. The minimum atomic E-state index is 0.00106. The molecule has 0 aromatic carbocycles. The largest absolute Gasteiger partial charge is 0.378 e. The van der Waals surface area contributed by atoms with Gasteiger partial charge in [-0.25, -0.2) is 0 Å². The molecule has 0 saturated carbocycles. The van der Waals surface area contributed by atoms with E-state index in [0.717, 1.165) is 39.0 Å². The molecule has 2 N–H and O–H groups in total. The van der Waals surface area contributed by atoms with Crippen LogP contribution in [-0.2, 0) is 9.53 Å². The second-order valence-electron chi connectivity index (χ2n) is 5.66. The zero-order valence-electron chi connectivity index (χ0n) is 11.6. The maximum absolute atomic E-state index is 12.1. The minimum Gasteiger partial charge on any atom is -0.378 e. The highest BCUT2D eigenvalue weighted by molar-refractivity contribution is 5.82. The first kappa shape index (κ1) is 13.8. The van der Waals surface area contributed by atoms with Gasteiger partial charge in [0.1, 0.15) is 0 Å². The van der Waals surface area contributed by atoms with E-state index in [1.54, 1.807) is 0 Å². The maximum atomic E-state index is 12.1. The first-order chi connectivity index (χ1) is 8.72. The first-order valence-corrected chi connectivity index (χ1v) is 7.35. The van der Waals surface area contributed by atoms with Gasteiger partial charge in [-0.15, -0.1) is 0 Å². The van der Waals surface area contributed by atoms with Crippen LogP contribution in [0.15, 0.2) is 0 Å². The molecule has 2 saturated heterocycles. The number of piperidine rings is 1. The van der Waals surface area contributed by atoms with Gasteiger partial charge in [-0.3, -0.25) is 4.79 Å². The average molecular weight is 254 g/mol. The van der Waals surface area contributed by atoms with Crippen LogP contribution in [0.25, 0.3) is 0 Å². The molecule has 0 aliphatic carbocycles. The smallest absolute Gasteiger partial charge is 0.237 e. The van der Waals surface area contributed by atoms with E-state index in [-0.39, 0.29) is 11.9 Å². The van der Waals surface area contributed by atoms with E-state index in [2.05, 4.69) is 24.5 Å². The van der Waals surface area contributed by atoms with E-state index in [9.17, 15) is 4.79 Å². The van der Waals surface area contributed by atoms with Crippen LogP contribution in [0.1, 0.15) is 39.5 Å². The molecular weight excluding hydrogens is 228 g/mol. The number of ether oxygens (including phenoxy) is 1. The quantitative estimate of drug-likeness (QED) is 0.795. The monoisotopic (exact) mass is 254 g/mol. The molecule has 2 fully saturated rings. The van der Waals surface area contributed by atoms with Crippen LogP contribution in [-0.4, -0.2) is 37.7 Å². The standard InChI is InChI=1S/C14H26N2O2/c1-3-12-11(6-8-18-12)9-16-14(17)13-10(2)5-4-7-15-13/h10-13,15H,3-9H2,1-2H3,(H,16,17). The molecule has 1 amide bonds. The van der Waals surface area contributed by atoms with Crippen LogP contribution < -0.4 is 10.6 Å². The van der Waals surface area contributed by atoms with Gasteiger partial charge in [0.2, 0.25) is 5.91 Å². The highest BCUT2D eigenvalue weighted by Gasteiger charge is 2.30. The summed E-state index contributed by atoms with van der Waals surface area (Å²) >= 11 is 0. The van der Waals surface area contributed by atoms with Crippen LogP contribution in [0, 0.1) is 11.8 Å². The first-order valence-electron chi connectivity index (χ1n) is 7.35. The third kappa shape index (κ3) is 3.23. The van der Waals surface area contributed by atoms with Gasteiger partial charge >= 0.3 is 0 Å². The zero-order chi connectivity index (χ0) is 13.0. The molecule has 0 aromatic rings. The number of amides is 1. The predicted octanol–water partition coefficient (Wildman–Crippen LogP) is 1.31. The topological polar surface area (TPSA) is 50.4 Å². The Hall–Kier alpha value is -0.610. The molecule has 2 aliphatic heterocycles. The summed E-state index contributed by atoms with van der Waals surface area (Å²) in [5, 5.41) is 6.43. The molecule has 0 aromatic heterocycles. The molecule has 0 bridgehead atoms. The fourth-order valence-electron chi connectivity index (χ4n) is 3.12. The number of rotatable bonds is 4. The molecule has 104 valence electrons. The molecule has 2 aliphatic rings. The SMILES string of the molecule is CCC1OCCC1CNC(=O)C1NCCCC1C. The average Bonchev–Trinajstić information content (AvgIpc) is 2.84. The van der Waals surface area contributed by atoms with Crippen molar-refractivity contribution in [3.8, 4) is 0 Å². The van der Waals surface area contributed by atoms with Crippen molar-refractivity contribution in [1.29, 1.82) is 0 Å². The molecule has 18 heavy (non-hydrogen) atoms. The van der Waals surface area contributed by atoms with Gasteiger partial charge < -0.3 is 15.4 Å². The van der Waals surface area contributed by atoms with Gasteiger partial charge in [-0.05, 0) is 38.1 Å². The van der Waals surface area contributed by atoms with Gasteiger partial charge in [-0.1, -0.05) is 13.8 Å². The number of carbonyl (C=O) groups excluding carboxylic acids is 1. The molecule has 2 heterocycles. The summed E-state index contributed by atoms with van der Waals surface area (Å²) in [6.07, 6.45) is 4.78. The second-order valence-corrected chi connectivity index (χ2v) is 5.66. The van der Waals surface area contributed by atoms with Crippen molar-refractivity contribution < 1.29 is 9.53 Å². The Kier molecular flexibility index (Phi) is 5.01. The summed E-state index contributed by atoms with van der Waals surface area (Å²) in [4.78, 5) is 12.1. The summed E-state index contributed by atoms with van der Waals surface area (Å²) in [5.41, 5.74) is 0. The Bertz CT molecular complexity index is 283. The molecule has 4 unspecified atom stereocenters. The molecule has 4 nitrogen and oxygen atoms in total. The van der Waals surface area contributed by atoms with Crippen LogP contribution in [0.4, 0.5) is 0 Å². The maximum Gasteiger partial charge on any atom is 0.237 e. The van der Waals surface area contributed by atoms with Crippen LogP contribution >= 0.6 is 0 Å². The highest BCUT2D eigenvalue weighted by atomic mass is 16.5. The molecule has 2 rings (SSSR count). The van der Waals surface area contributed by atoms with E-state index < -0.39 is 0 Å². The van der Waals surface area contributed by atoms with Crippen molar-refractivity contribution in [2.45, 2.75) is 51.7 Å². The van der Waals surface area contributed by atoms with Crippen molar-refractivity contribution in [3.05, 3.63) is 0 Å². The normalized spacial score (nSPS) is 36.6. The van der Waals surface area contributed by atoms with Crippen LogP contribution in [0.5, 0.6) is 0 Å². The number of hydrogen-bond donors (Lipinski definition) is 2. The zero-order valence-corrected chi connectivity index (χ0v) is 11.6. The van der Waals surface area contributed by atoms with E-state index >= 15 is 0 Å². The van der Waals surface area contributed by atoms with Crippen molar-refractivity contribution in [2.24, 2.45) is 11.8 Å². The Morgan fingerprint density at radius 2 is 2.28 bits per heavy atom. The molecule has 4 atom stereocenters. The van der Waals surface area contributed by atoms with E-state index in [1.807, 2.05) is 0 Å². The van der Waals surface area contributed by atoms with Crippen molar-refractivity contribution in [1.82, 2.24) is 10.6 Å². The Morgan fingerprint density at radius 1 is 1.44 bits per heavy atom. The summed E-state index contributed by atoms with van der Waals surface area (Å²) < 4.78 is 5.65. The summed E-state index contributed by atoms with van der Waals surface area (Å²) in [6.45, 7) is 6.88. The second kappa shape index (κ2) is 6.53. The lowest BCUT2D eigenvalue weighted by Gasteiger charge is -2.29. The fourth-order valence-corrected chi connectivity index (χ4v) is 3.12. The van der Waals surface area contributed by atoms with E-state index in [0.29, 0.717) is 17.9 Å². The minimum absolute atomic E-state index is 0.00106. The number of hydrogen-bond acceptors (Lipinski definition) is 3. The number of carbonyl (C=O) groups is 1. The Morgan fingerprint density at radius 3 is 3.00 bits per heavy atom. The highest BCUT2D eigenvalue weighted by Crippen LogP contribution is 2.22. The van der Waals surface area contributed by atoms with Gasteiger partial charge in [0.25, 0.3) is 0 Å². The van der Waals surface area contributed by atoms with Crippen molar-refractivity contribution in [2.75, 3.05) is 19.7 Å². The van der Waals surface area contributed by atoms with Crippen molar-refractivity contribution >= 4 is 5.91 Å².